The molecule has 1 aliphatic rings. The van der Waals surface area contributed by atoms with Gasteiger partial charge in [0.1, 0.15) is 5.82 Å². The lowest BCUT2D eigenvalue weighted by Gasteiger charge is -2.34. The number of fused-ring (bicyclic) bond motifs is 1. The molecular formula is C32H31FN2O. The van der Waals surface area contributed by atoms with Gasteiger partial charge in [0.25, 0.3) is 0 Å². The summed E-state index contributed by atoms with van der Waals surface area (Å²) in [6.07, 6.45) is 1.59. The lowest BCUT2D eigenvalue weighted by Crippen LogP contribution is -2.46. The maximum atomic E-state index is 14.6. The minimum absolute atomic E-state index is 0.00908. The second-order valence-electron chi connectivity index (χ2n) is 9.58. The maximum absolute atomic E-state index is 14.6. The molecule has 4 aromatic carbocycles. The lowest BCUT2D eigenvalue weighted by atomic mass is 9.97. The van der Waals surface area contributed by atoms with Crippen LogP contribution in [0.4, 0.5) is 4.39 Å². The third-order valence-corrected chi connectivity index (χ3v) is 7.15. The maximum Gasteiger partial charge on any atom is 0.237 e. The molecule has 0 fully saturated rings. The van der Waals surface area contributed by atoms with Crippen molar-refractivity contribution < 1.29 is 9.18 Å². The van der Waals surface area contributed by atoms with Gasteiger partial charge in [-0.05, 0) is 48.2 Å². The fourth-order valence-corrected chi connectivity index (χ4v) is 5.35. The van der Waals surface area contributed by atoms with Crippen molar-refractivity contribution in [3.05, 3.63) is 143 Å². The first-order valence-electron chi connectivity index (χ1n) is 12.5. The number of nitrogens with zero attached hydrogens (tertiary/aromatic N) is 2. The van der Waals surface area contributed by atoms with E-state index < -0.39 is 0 Å². The van der Waals surface area contributed by atoms with Crippen molar-refractivity contribution in [2.45, 2.75) is 31.5 Å². The van der Waals surface area contributed by atoms with Crippen LogP contribution in [0.1, 0.15) is 33.9 Å². The molecule has 4 aromatic rings. The van der Waals surface area contributed by atoms with E-state index in [4.69, 9.17) is 0 Å². The van der Waals surface area contributed by atoms with E-state index in [0.29, 0.717) is 5.56 Å². The fraction of sp³-hybridized carbons (Fsp3) is 0.219. The number of likely N-dealkylation sites (N-methyl/N-ethyl adjacent to an activating group) is 1. The predicted molar refractivity (Wildman–Crippen MR) is 142 cm³/mol. The zero-order valence-corrected chi connectivity index (χ0v) is 20.6. The smallest absolute Gasteiger partial charge is 0.237 e. The highest BCUT2D eigenvalue weighted by Gasteiger charge is 2.32. The summed E-state index contributed by atoms with van der Waals surface area (Å²) in [5.41, 5.74) is 5.36. The normalized spacial score (nSPS) is 13.2. The number of hydrogen-bond acceptors (Lipinski definition) is 2. The summed E-state index contributed by atoms with van der Waals surface area (Å²) < 4.78 is 14.6. The van der Waals surface area contributed by atoms with Gasteiger partial charge in [-0.15, -0.1) is 0 Å². The molecule has 5 rings (SSSR count). The number of rotatable bonds is 8. The summed E-state index contributed by atoms with van der Waals surface area (Å²) in [6, 6.07) is 35.6. The van der Waals surface area contributed by atoms with Crippen molar-refractivity contribution in [3.63, 3.8) is 0 Å². The quantitative estimate of drug-likeness (QED) is 0.308. The number of carbonyl (C=O) groups is 1. The average molecular weight is 479 g/mol. The number of hydrogen-bond donors (Lipinski definition) is 0. The van der Waals surface area contributed by atoms with Gasteiger partial charge in [0.15, 0.2) is 0 Å². The molecule has 4 heteroatoms. The van der Waals surface area contributed by atoms with Gasteiger partial charge in [-0.25, -0.2) is 4.39 Å². The van der Waals surface area contributed by atoms with E-state index in [2.05, 4.69) is 41.3 Å². The Morgan fingerprint density at radius 2 is 1.28 bits per heavy atom. The lowest BCUT2D eigenvalue weighted by molar-refractivity contribution is -0.135. The van der Waals surface area contributed by atoms with Crippen molar-refractivity contribution in [3.8, 4) is 0 Å². The summed E-state index contributed by atoms with van der Waals surface area (Å²) in [5, 5.41) is 0. The molecule has 0 atom stereocenters. The van der Waals surface area contributed by atoms with Crippen LogP contribution in [0.25, 0.3) is 0 Å². The molecule has 0 radical (unpaired) electrons. The van der Waals surface area contributed by atoms with Crippen LogP contribution in [0.3, 0.4) is 0 Å². The molecule has 0 bridgehead atoms. The van der Waals surface area contributed by atoms with Crippen molar-refractivity contribution in [1.29, 1.82) is 0 Å². The fourth-order valence-electron chi connectivity index (χ4n) is 5.35. The van der Waals surface area contributed by atoms with Gasteiger partial charge >= 0.3 is 0 Å². The zero-order chi connectivity index (χ0) is 24.9. The Kier molecular flexibility index (Phi) is 7.24. The molecule has 0 heterocycles. The summed E-state index contributed by atoms with van der Waals surface area (Å²) in [5.74, 6) is -0.263. The van der Waals surface area contributed by atoms with Crippen LogP contribution in [0, 0.1) is 5.82 Å². The molecular weight excluding hydrogens is 447 g/mol. The standard InChI is InChI=1S/C32H31FN2O/c1-34(32(24-12-4-2-5-13-24)25-14-6-3-7-15-25)23-31(36)35(22-28-18-10-11-19-30(28)33)29-20-26-16-8-9-17-27(26)21-29/h2-19,29,32H,20-23H2,1H3. The largest absolute Gasteiger partial charge is 0.333 e. The van der Waals surface area contributed by atoms with E-state index >= 15 is 0 Å². The van der Waals surface area contributed by atoms with Crippen molar-refractivity contribution in [2.75, 3.05) is 13.6 Å². The Morgan fingerprint density at radius 3 is 1.83 bits per heavy atom. The highest BCUT2D eigenvalue weighted by Crippen LogP contribution is 2.30. The topological polar surface area (TPSA) is 23.6 Å². The van der Waals surface area contributed by atoms with Crippen LogP contribution >= 0.6 is 0 Å². The van der Waals surface area contributed by atoms with Crippen LogP contribution in [-0.2, 0) is 24.2 Å². The van der Waals surface area contributed by atoms with Crippen LogP contribution in [-0.4, -0.2) is 35.3 Å². The van der Waals surface area contributed by atoms with E-state index in [-0.39, 0.29) is 36.9 Å². The summed E-state index contributed by atoms with van der Waals surface area (Å²) >= 11 is 0. The Hall–Kier alpha value is -3.76. The van der Waals surface area contributed by atoms with Gasteiger partial charge in [-0.3, -0.25) is 9.69 Å². The first-order valence-corrected chi connectivity index (χ1v) is 12.5. The van der Waals surface area contributed by atoms with Gasteiger partial charge in [0.2, 0.25) is 5.91 Å². The molecule has 0 saturated carbocycles. The molecule has 0 aliphatic heterocycles. The van der Waals surface area contributed by atoms with E-state index in [1.54, 1.807) is 12.1 Å². The SMILES string of the molecule is CN(CC(=O)N(Cc1ccccc1F)C1Cc2ccccc2C1)C(c1ccccc1)c1ccccc1. The Balaban J connectivity index is 1.42. The minimum atomic E-state index is -0.273. The number of benzene rings is 4. The van der Waals surface area contributed by atoms with Gasteiger partial charge in [-0.1, -0.05) is 103 Å². The molecule has 3 nitrogen and oxygen atoms in total. The number of halogens is 1. The summed E-state index contributed by atoms with van der Waals surface area (Å²) in [6.45, 7) is 0.495. The molecule has 0 saturated heterocycles. The summed E-state index contributed by atoms with van der Waals surface area (Å²) in [7, 11) is 1.99. The van der Waals surface area contributed by atoms with Crippen molar-refractivity contribution in [1.82, 2.24) is 9.80 Å². The molecule has 1 amide bonds. The molecule has 0 aromatic heterocycles. The first-order chi connectivity index (χ1) is 17.6. The third-order valence-electron chi connectivity index (χ3n) is 7.15. The van der Waals surface area contributed by atoms with Crippen LogP contribution < -0.4 is 0 Å². The highest BCUT2D eigenvalue weighted by atomic mass is 19.1. The molecule has 0 N–H and O–H groups in total. The van der Waals surface area contributed by atoms with Crippen LogP contribution in [0.5, 0.6) is 0 Å². The van der Waals surface area contributed by atoms with Gasteiger partial charge in [0.05, 0.1) is 12.6 Å². The Bertz CT molecular complexity index is 1240. The Labute approximate surface area is 212 Å². The Morgan fingerprint density at radius 1 is 0.778 bits per heavy atom. The third kappa shape index (κ3) is 5.24. The monoisotopic (exact) mass is 478 g/mol. The van der Waals surface area contributed by atoms with Crippen molar-refractivity contribution >= 4 is 5.91 Å². The van der Waals surface area contributed by atoms with E-state index in [0.717, 1.165) is 24.0 Å². The highest BCUT2D eigenvalue weighted by molar-refractivity contribution is 5.79. The molecule has 36 heavy (non-hydrogen) atoms. The van der Waals surface area contributed by atoms with Gasteiger partial charge in [-0.2, -0.15) is 0 Å². The zero-order valence-electron chi connectivity index (χ0n) is 20.6. The molecule has 0 unspecified atom stereocenters. The van der Waals surface area contributed by atoms with Crippen molar-refractivity contribution in [2.24, 2.45) is 0 Å². The number of amides is 1. The second kappa shape index (κ2) is 10.9. The minimum Gasteiger partial charge on any atom is -0.333 e. The number of carbonyl (C=O) groups excluding carboxylic acids is 1. The van der Waals surface area contributed by atoms with Crippen LogP contribution in [0.2, 0.25) is 0 Å². The molecule has 0 spiro atoms. The van der Waals surface area contributed by atoms with Gasteiger partial charge in [0, 0.05) is 18.2 Å². The molecule has 1 aliphatic carbocycles. The average Bonchev–Trinajstić information content (AvgIpc) is 3.33. The van der Waals surface area contributed by atoms with Crippen LogP contribution in [0.15, 0.2) is 109 Å². The summed E-state index contributed by atoms with van der Waals surface area (Å²) in [4.78, 5) is 17.9. The molecule has 182 valence electrons. The van der Waals surface area contributed by atoms with E-state index in [1.807, 2.05) is 66.5 Å². The first kappa shape index (κ1) is 24.0. The second-order valence-corrected chi connectivity index (χ2v) is 9.58. The predicted octanol–water partition coefficient (Wildman–Crippen LogP) is 6.04. The van der Waals surface area contributed by atoms with E-state index in [9.17, 15) is 9.18 Å². The van der Waals surface area contributed by atoms with E-state index in [1.165, 1.54) is 17.2 Å². The van der Waals surface area contributed by atoms with Gasteiger partial charge < -0.3 is 4.90 Å².